The minimum atomic E-state index is -0.296. The van der Waals surface area contributed by atoms with Crippen molar-refractivity contribution in [1.29, 1.82) is 0 Å². The van der Waals surface area contributed by atoms with Crippen LogP contribution in [0.15, 0.2) is 54.6 Å². The molecule has 2 rings (SSSR count). The van der Waals surface area contributed by atoms with Crippen LogP contribution >= 0.6 is 0 Å². The van der Waals surface area contributed by atoms with E-state index < -0.39 is 0 Å². The van der Waals surface area contributed by atoms with Gasteiger partial charge in [0, 0.05) is 22.5 Å². The molecular weight excluding hydrogens is 302 g/mol. The number of amides is 2. The second-order valence-electron chi connectivity index (χ2n) is 6.55. The molecule has 2 aromatic carbocycles. The molecule has 126 valence electrons. The van der Waals surface area contributed by atoms with Gasteiger partial charge in [0.05, 0.1) is 6.54 Å². The lowest BCUT2D eigenvalue weighted by molar-refractivity contribution is -0.114. The van der Waals surface area contributed by atoms with Gasteiger partial charge in [0.15, 0.2) is 0 Å². The first-order chi connectivity index (χ1) is 11.3. The van der Waals surface area contributed by atoms with E-state index in [-0.39, 0.29) is 23.9 Å². The van der Waals surface area contributed by atoms with Gasteiger partial charge >= 0.3 is 0 Å². The van der Waals surface area contributed by atoms with Crippen molar-refractivity contribution in [3.63, 3.8) is 0 Å². The Morgan fingerprint density at radius 2 is 1.58 bits per heavy atom. The van der Waals surface area contributed by atoms with E-state index in [4.69, 9.17) is 0 Å². The fourth-order valence-electron chi connectivity index (χ4n) is 2.09. The lowest BCUT2D eigenvalue weighted by Crippen LogP contribution is -2.40. The SMILES string of the molecule is CC(C)(C)NC(=O)c1cccc(NCC(=O)Nc2ccccc2)c1. The summed E-state index contributed by atoms with van der Waals surface area (Å²) < 4.78 is 0. The molecule has 0 fully saturated rings. The quantitative estimate of drug-likeness (QED) is 0.790. The average molecular weight is 325 g/mol. The third kappa shape index (κ3) is 5.76. The Hall–Kier alpha value is -2.82. The van der Waals surface area contributed by atoms with Crippen molar-refractivity contribution in [3.05, 3.63) is 60.2 Å². The standard InChI is InChI=1S/C19H23N3O2/c1-19(2,3)22-18(24)14-8-7-11-16(12-14)20-13-17(23)21-15-9-5-4-6-10-15/h4-12,20H,13H2,1-3H3,(H,21,23)(H,22,24). The van der Waals surface area contributed by atoms with Crippen molar-refractivity contribution >= 4 is 23.2 Å². The van der Waals surface area contributed by atoms with E-state index in [0.29, 0.717) is 5.56 Å². The lowest BCUT2D eigenvalue weighted by Gasteiger charge is -2.20. The van der Waals surface area contributed by atoms with Crippen molar-refractivity contribution < 1.29 is 9.59 Å². The van der Waals surface area contributed by atoms with Crippen molar-refractivity contribution in [2.45, 2.75) is 26.3 Å². The molecule has 0 spiro atoms. The number of nitrogens with one attached hydrogen (secondary N) is 3. The van der Waals surface area contributed by atoms with E-state index in [2.05, 4.69) is 16.0 Å². The summed E-state index contributed by atoms with van der Waals surface area (Å²) in [5.74, 6) is -0.286. The van der Waals surface area contributed by atoms with E-state index in [0.717, 1.165) is 11.4 Å². The van der Waals surface area contributed by atoms with Crippen LogP contribution < -0.4 is 16.0 Å². The Labute approximate surface area is 142 Å². The fourth-order valence-corrected chi connectivity index (χ4v) is 2.09. The number of para-hydroxylation sites is 1. The van der Waals surface area contributed by atoms with Gasteiger partial charge in [0.2, 0.25) is 5.91 Å². The zero-order valence-corrected chi connectivity index (χ0v) is 14.2. The highest BCUT2D eigenvalue weighted by atomic mass is 16.2. The Morgan fingerprint density at radius 3 is 2.25 bits per heavy atom. The Morgan fingerprint density at radius 1 is 0.917 bits per heavy atom. The Balaban J connectivity index is 1.92. The monoisotopic (exact) mass is 325 g/mol. The van der Waals surface area contributed by atoms with Crippen LogP contribution in [0.5, 0.6) is 0 Å². The summed E-state index contributed by atoms with van der Waals surface area (Å²) in [6.45, 7) is 5.92. The second kappa shape index (κ2) is 7.64. The first kappa shape index (κ1) is 17.5. The van der Waals surface area contributed by atoms with Crippen LogP contribution in [-0.4, -0.2) is 23.9 Å². The van der Waals surface area contributed by atoms with Gasteiger partial charge in [-0.05, 0) is 51.1 Å². The molecule has 3 N–H and O–H groups in total. The van der Waals surface area contributed by atoms with Gasteiger partial charge in [-0.3, -0.25) is 9.59 Å². The molecule has 0 aliphatic heterocycles. The van der Waals surface area contributed by atoms with Crippen LogP contribution in [0, 0.1) is 0 Å². The van der Waals surface area contributed by atoms with Gasteiger partial charge in [-0.15, -0.1) is 0 Å². The van der Waals surface area contributed by atoms with Gasteiger partial charge < -0.3 is 16.0 Å². The van der Waals surface area contributed by atoms with Gasteiger partial charge in [0.1, 0.15) is 0 Å². The summed E-state index contributed by atoms with van der Waals surface area (Å²) in [5.41, 5.74) is 1.73. The molecule has 0 radical (unpaired) electrons. The maximum Gasteiger partial charge on any atom is 0.251 e. The van der Waals surface area contributed by atoms with Crippen molar-refractivity contribution in [2.24, 2.45) is 0 Å². The summed E-state index contributed by atoms with van der Waals surface area (Å²) in [4.78, 5) is 24.1. The molecule has 2 amide bonds. The minimum Gasteiger partial charge on any atom is -0.376 e. The number of benzene rings is 2. The van der Waals surface area contributed by atoms with Gasteiger partial charge in [0.25, 0.3) is 5.91 Å². The Kier molecular flexibility index (Phi) is 5.58. The third-order valence-electron chi connectivity index (χ3n) is 3.12. The van der Waals surface area contributed by atoms with Crippen molar-refractivity contribution in [2.75, 3.05) is 17.2 Å². The predicted octanol–water partition coefficient (Wildman–Crippen LogP) is 3.27. The molecule has 0 aliphatic rings. The second-order valence-corrected chi connectivity index (χ2v) is 6.55. The normalized spacial score (nSPS) is 10.8. The maximum atomic E-state index is 12.2. The molecule has 0 saturated carbocycles. The average Bonchev–Trinajstić information content (AvgIpc) is 2.53. The molecule has 0 heterocycles. The highest BCUT2D eigenvalue weighted by molar-refractivity contribution is 5.96. The largest absolute Gasteiger partial charge is 0.376 e. The first-order valence-corrected chi connectivity index (χ1v) is 7.85. The molecule has 0 atom stereocenters. The van der Waals surface area contributed by atoms with Crippen LogP contribution in [-0.2, 0) is 4.79 Å². The molecule has 5 heteroatoms. The number of hydrogen-bond donors (Lipinski definition) is 3. The topological polar surface area (TPSA) is 70.2 Å². The van der Waals surface area contributed by atoms with Crippen LogP contribution in [0.4, 0.5) is 11.4 Å². The summed E-state index contributed by atoms with van der Waals surface area (Å²) in [6.07, 6.45) is 0. The highest BCUT2D eigenvalue weighted by Gasteiger charge is 2.15. The summed E-state index contributed by atoms with van der Waals surface area (Å²) in [5, 5.41) is 8.74. The number of anilines is 2. The number of hydrogen-bond acceptors (Lipinski definition) is 3. The number of carbonyl (C=O) groups is 2. The zero-order valence-electron chi connectivity index (χ0n) is 14.2. The van der Waals surface area contributed by atoms with Gasteiger partial charge in [-0.25, -0.2) is 0 Å². The highest BCUT2D eigenvalue weighted by Crippen LogP contribution is 2.12. The van der Waals surface area contributed by atoms with Gasteiger partial charge in [-0.2, -0.15) is 0 Å². The van der Waals surface area contributed by atoms with Crippen molar-refractivity contribution in [1.82, 2.24) is 5.32 Å². The smallest absolute Gasteiger partial charge is 0.251 e. The Bertz CT molecular complexity index is 706. The third-order valence-corrected chi connectivity index (χ3v) is 3.12. The fraction of sp³-hybridized carbons (Fsp3) is 0.263. The maximum absolute atomic E-state index is 12.2. The summed E-state index contributed by atoms with van der Waals surface area (Å²) in [7, 11) is 0. The molecule has 0 aliphatic carbocycles. The molecular formula is C19H23N3O2. The molecule has 0 saturated heterocycles. The predicted molar refractivity (Wildman–Crippen MR) is 97.2 cm³/mol. The van der Waals surface area contributed by atoms with Gasteiger partial charge in [-0.1, -0.05) is 24.3 Å². The van der Waals surface area contributed by atoms with E-state index in [1.54, 1.807) is 18.2 Å². The zero-order chi connectivity index (χ0) is 17.6. The molecule has 0 bridgehead atoms. The van der Waals surface area contributed by atoms with Crippen LogP contribution in [0.2, 0.25) is 0 Å². The van der Waals surface area contributed by atoms with E-state index in [1.807, 2.05) is 57.2 Å². The molecule has 2 aromatic rings. The van der Waals surface area contributed by atoms with E-state index >= 15 is 0 Å². The molecule has 24 heavy (non-hydrogen) atoms. The number of rotatable bonds is 5. The van der Waals surface area contributed by atoms with Crippen LogP contribution in [0.25, 0.3) is 0 Å². The first-order valence-electron chi connectivity index (χ1n) is 7.85. The van der Waals surface area contributed by atoms with Crippen molar-refractivity contribution in [3.8, 4) is 0 Å². The number of carbonyl (C=O) groups excluding carboxylic acids is 2. The van der Waals surface area contributed by atoms with Crippen LogP contribution in [0.1, 0.15) is 31.1 Å². The molecule has 0 aromatic heterocycles. The lowest BCUT2D eigenvalue weighted by atomic mass is 10.1. The summed E-state index contributed by atoms with van der Waals surface area (Å²) in [6, 6.07) is 16.4. The van der Waals surface area contributed by atoms with Crippen LogP contribution in [0.3, 0.4) is 0 Å². The molecule has 5 nitrogen and oxygen atoms in total. The molecule has 0 unspecified atom stereocenters. The van der Waals surface area contributed by atoms with E-state index in [1.165, 1.54) is 0 Å². The van der Waals surface area contributed by atoms with E-state index in [9.17, 15) is 9.59 Å². The summed E-state index contributed by atoms with van der Waals surface area (Å²) >= 11 is 0. The minimum absolute atomic E-state index is 0.124.